The first-order valence-corrected chi connectivity index (χ1v) is 2.85. The summed E-state index contributed by atoms with van der Waals surface area (Å²) in [5.41, 5.74) is 0. The minimum atomic E-state index is 0. The molecule has 1 radical (unpaired) electrons. The summed E-state index contributed by atoms with van der Waals surface area (Å²) >= 11 is 0. The van der Waals surface area contributed by atoms with E-state index < -0.39 is 0 Å². The zero-order chi connectivity index (χ0) is 6.57. The molecule has 0 aliphatic carbocycles. The fourth-order valence-corrected chi connectivity index (χ4v) is 0.427. The molecule has 0 saturated carbocycles. The van der Waals surface area contributed by atoms with Gasteiger partial charge in [-0.05, 0) is 5.78 Å². The Bertz CT molecular complexity index is 86.2. The van der Waals surface area contributed by atoms with Gasteiger partial charge >= 0.3 is 0 Å². The van der Waals surface area contributed by atoms with Crippen molar-refractivity contribution in [1.82, 2.24) is 0 Å². The van der Waals surface area contributed by atoms with Crippen LogP contribution in [0.25, 0.3) is 6.15 Å². The van der Waals surface area contributed by atoms with Gasteiger partial charge in [0, 0.05) is 20.1 Å². The van der Waals surface area contributed by atoms with Crippen molar-refractivity contribution in [2.75, 3.05) is 0 Å². The van der Waals surface area contributed by atoms with E-state index in [2.05, 4.69) is 0 Å². The summed E-state index contributed by atoms with van der Waals surface area (Å²) in [5.74, 6) is 0.299. The van der Waals surface area contributed by atoms with Crippen molar-refractivity contribution in [3.8, 4) is 0 Å². The monoisotopic (exact) mass is 336 g/mol. The quantitative estimate of drug-likeness (QED) is 0.732. The van der Waals surface area contributed by atoms with Crippen molar-refractivity contribution in [3.63, 3.8) is 0 Å². The van der Waals surface area contributed by atoms with Gasteiger partial charge in [0.2, 0.25) is 0 Å². The summed E-state index contributed by atoms with van der Waals surface area (Å²) in [7, 11) is 0. The molecule has 0 saturated heterocycles. The molecule has 0 aromatic heterocycles. The molecule has 3 heteroatoms. The average Bonchev–Trinajstić information content (AvgIpc) is 1.84. The Morgan fingerprint density at radius 2 is 1.73 bits per heavy atom. The smallest absolute Gasteiger partial charge is 0 e. The van der Waals surface area contributed by atoms with E-state index in [4.69, 9.17) is 0 Å². The SMILES string of the molecule is C[CH-]C(=O)C(C)[CH-]C.[CH3-].[Ir].[NH2-]. The minimum absolute atomic E-state index is 0. The first kappa shape index (κ1) is 22.5. The van der Waals surface area contributed by atoms with Crippen molar-refractivity contribution in [3.05, 3.63) is 26.4 Å². The Morgan fingerprint density at radius 3 is 1.82 bits per heavy atom. The second-order valence-electron chi connectivity index (χ2n) is 1.81. The van der Waals surface area contributed by atoms with Crippen LogP contribution >= 0.6 is 0 Å². The van der Waals surface area contributed by atoms with Gasteiger partial charge in [0.1, 0.15) is 0 Å². The van der Waals surface area contributed by atoms with Crippen molar-refractivity contribution in [1.29, 1.82) is 0 Å². The third kappa shape index (κ3) is 10.1. The Balaban J connectivity index is -0.0000000817. The largest absolute Gasteiger partial charge is 0.693 e. The molecule has 0 aromatic rings. The van der Waals surface area contributed by atoms with Gasteiger partial charge in [-0.25, -0.2) is 0 Å². The van der Waals surface area contributed by atoms with Crippen molar-refractivity contribution < 1.29 is 24.9 Å². The number of hydrogen-bond acceptors (Lipinski definition) is 1. The molecule has 0 fully saturated rings. The zero-order valence-corrected chi connectivity index (χ0v) is 9.95. The molecule has 0 amide bonds. The standard InChI is InChI=1S/C7H12O.CH3.Ir.H2N/c1-4-6(3)7(8)5-2;;;/h4-6H,1-3H3;1H3;;1H2/q-2;-1;;-1. The van der Waals surface area contributed by atoms with Crippen molar-refractivity contribution in [2.45, 2.75) is 20.8 Å². The van der Waals surface area contributed by atoms with Gasteiger partial charge in [-0.15, -0.1) is 5.92 Å². The summed E-state index contributed by atoms with van der Waals surface area (Å²) in [6.07, 6.45) is 3.49. The maximum Gasteiger partial charge on any atom is 0 e. The Kier molecular flexibility index (Phi) is 26.1. The molecule has 0 bridgehead atoms. The molecule has 1 atom stereocenters. The number of rotatable bonds is 3. The molecular weight excluding hydrogens is 318 g/mol. The van der Waals surface area contributed by atoms with Gasteiger partial charge in [0.25, 0.3) is 0 Å². The molecule has 0 aromatic carbocycles. The average molecular weight is 335 g/mol. The predicted molar refractivity (Wildman–Crippen MR) is 45.8 cm³/mol. The summed E-state index contributed by atoms with van der Waals surface area (Å²) in [5, 5.41) is 0. The topological polar surface area (TPSA) is 50.6 Å². The van der Waals surface area contributed by atoms with E-state index in [0.717, 1.165) is 0 Å². The van der Waals surface area contributed by atoms with Crippen LogP contribution in [0.2, 0.25) is 0 Å². The molecule has 11 heavy (non-hydrogen) atoms. The van der Waals surface area contributed by atoms with Gasteiger partial charge < -0.3 is 31.2 Å². The van der Waals surface area contributed by atoms with Crippen LogP contribution in [0, 0.1) is 26.2 Å². The first-order chi connectivity index (χ1) is 3.72. The van der Waals surface area contributed by atoms with E-state index in [9.17, 15) is 4.79 Å². The Labute approximate surface area is 84.1 Å². The molecule has 2 nitrogen and oxygen atoms in total. The fraction of sp³-hybridized carbons (Fsp3) is 0.500. The first-order valence-electron chi connectivity index (χ1n) is 2.85. The number of Topliss-reactive ketones (excluding diaryl/α,β-unsaturated/α-hetero) is 1. The van der Waals surface area contributed by atoms with Crippen LogP contribution in [0.3, 0.4) is 0 Å². The van der Waals surface area contributed by atoms with Crippen LogP contribution in [-0.2, 0) is 24.9 Å². The minimum Gasteiger partial charge on any atom is -0.693 e. The maximum atomic E-state index is 10.7. The molecule has 1 unspecified atom stereocenters. The van der Waals surface area contributed by atoms with E-state index in [1.165, 1.54) is 0 Å². The van der Waals surface area contributed by atoms with Crippen molar-refractivity contribution in [2.24, 2.45) is 5.92 Å². The Hall–Kier alpha value is 0.149. The molecule has 0 aliphatic heterocycles. The molecule has 0 spiro atoms. The van der Waals surface area contributed by atoms with Crippen LogP contribution in [0.1, 0.15) is 20.8 Å². The summed E-state index contributed by atoms with van der Waals surface area (Å²) < 4.78 is 0. The number of ketones is 1. The Morgan fingerprint density at radius 1 is 1.36 bits per heavy atom. The van der Waals surface area contributed by atoms with E-state index in [1.807, 2.05) is 20.3 Å². The van der Waals surface area contributed by atoms with Gasteiger partial charge in [-0.1, -0.05) is 6.92 Å². The van der Waals surface area contributed by atoms with E-state index >= 15 is 0 Å². The van der Waals surface area contributed by atoms with Crippen LogP contribution < -0.4 is 0 Å². The van der Waals surface area contributed by atoms with Crippen molar-refractivity contribution >= 4 is 5.78 Å². The summed E-state index contributed by atoms with van der Waals surface area (Å²) in [6.45, 7) is 5.55. The second-order valence-corrected chi connectivity index (χ2v) is 1.81. The van der Waals surface area contributed by atoms with Gasteiger partial charge in [0.05, 0.1) is 0 Å². The van der Waals surface area contributed by atoms with E-state index in [-0.39, 0.29) is 45.4 Å². The third-order valence-electron chi connectivity index (χ3n) is 1.23. The molecule has 0 rings (SSSR count). The third-order valence-corrected chi connectivity index (χ3v) is 1.23. The number of carbonyl (C=O) groups excluding carboxylic acids is 1. The van der Waals surface area contributed by atoms with E-state index in [1.54, 1.807) is 13.3 Å². The van der Waals surface area contributed by atoms with E-state index in [0.29, 0.717) is 0 Å². The molecule has 2 N–H and O–H groups in total. The van der Waals surface area contributed by atoms with Gasteiger partial charge in [0.15, 0.2) is 0 Å². The zero-order valence-electron chi connectivity index (χ0n) is 7.55. The van der Waals surface area contributed by atoms with Crippen LogP contribution in [0.4, 0.5) is 0 Å². The van der Waals surface area contributed by atoms with Crippen LogP contribution in [0.15, 0.2) is 0 Å². The van der Waals surface area contributed by atoms with Gasteiger partial charge in [-0.3, -0.25) is 0 Å². The second kappa shape index (κ2) is 12.8. The number of carbonyl (C=O) groups is 1. The molecule has 73 valence electrons. The maximum absolute atomic E-state index is 10.7. The molecule has 0 heterocycles. The normalized spacial score (nSPS) is 9.36. The van der Waals surface area contributed by atoms with Gasteiger partial charge in [-0.2, -0.15) is 13.8 Å². The fourth-order valence-electron chi connectivity index (χ4n) is 0.427. The summed E-state index contributed by atoms with van der Waals surface area (Å²) in [4.78, 5) is 10.7. The predicted octanol–water partition coefficient (Wildman–Crippen LogP) is 2.80. The molecule has 0 aliphatic rings. The number of nitrogens with two attached hydrogens (primary N) is 1. The van der Waals surface area contributed by atoms with Crippen LogP contribution in [-0.4, -0.2) is 5.78 Å². The molecular formula is C8H17IrNO-4. The number of hydrogen-bond donors (Lipinski definition) is 0. The summed E-state index contributed by atoms with van der Waals surface area (Å²) in [6, 6.07) is 0. The van der Waals surface area contributed by atoms with Crippen LogP contribution in [0.5, 0.6) is 0 Å².